The van der Waals surface area contributed by atoms with Crippen LogP contribution >= 0.6 is 0 Å². The Bertz CT molecular complexity index is 753. The summed E-state index contributed by atoms with van der Waals surface area (Å²) in [4.78, 5) is 45.7. The smallest absolute Gasteiger partial charge is 0.323 e. The van der Waals surface area contributed by atoms with Crippen molar-refractivity contribution >= 4 is 23.3 Å². The minimum Gasteiger partial charge on any atom is -0.503 e. The van der Waals surface area contributed by atoms with Crippen molar-refractivity contribution in [3.8, 4) is 0 Å². The Labute approximate surface area is 129 Å². The quantitative estimate of drug-likeness (QED) is 0.608. The number of hydrogen-bond acceptors (Lipinski definition) is 6. The van der Waals surface area contributed by atoms with E-state index in [9.17, 15) is 29.6 Å². The number of nitrogens with zero attached hydrogens (tertiary/aromatic N) is 2. The lowest BCUT2D eigenvalue weighted by molar-refractivity contribution is -0.384. The van der Waals surface area contributed by atoms with Crippen LogP contribution < -0.4 is 0 Å². The van der Waals surface area contributed by atoms with Gasteiger partial charge in [0.1, 0.15) is 6.54 Å². The van der Waals surface area contributed by atoms with E-state index < -0.39 is 40.9 Å². The van der Waals surface area contributed by atoms with Crippen molar-refractivity contribution in [1.82, 2.24) is 4.90 Å². The molecule has 1 aromatic rings. The Morgan fingerprint density at radius 1 is 1.39 bits per heavy atom. The zero-order chi connectivity index (χ0) is 17.3. The molecule has 0 saturated heterocycles. The van der Waals surface area contributed by atoms with Gasteiger partial charge in [-0.05, 0) is 12.5 Å². The Kier molecular flexibility index (Phi) is 4.12. The van der Waals surface area contributed by atoms with E-state index in [1.54, 1.807) is 0 Å². The first-order chi connectivity index (χ1) is 10.7. The number of aliphatic hydroxyl groups is 1. The van der Waals surface area contributed by atoms with Gasteiger partial charge in [-0.2, -0.15) is 0 Å². The molecule has 9 nitrogen and oxygen atoms in total. The highest BCUT2D eigenvalue weighted by molar-refractivity contribution is 6.08. The van der Waals surface area contributed by atoms with Crippen LogP contribution in [-0.2, 0) is 14.4 Å². The Morgan fingerprint density at radius 2 is 2.04 bits per heavy atom. The lowest BCUT2D eigenvalue weighted by Crippen LogP contribution is -2.35. The third kappa shape index (κ3) is 2.89. The van der Waals surface area contributed by atoms with E-state index in [2.05, 4.69) is 0 Å². The SMILES string of the molecule is CC(=O)C1=C(O)C(=O)N(CC(=O)O)[C@@H]1c1cccc([N+](=O)[O-])c1. The van der Waals surface area contributed by atoms with Gasteiger partial charge >= 0.3 is 5.97 Å². The predicted octanol–water partition coefficient (Wildman–Crippen LogP) is 0.964. The molecule has 0 aliphatic carbocycles. The molecule has 1 heterocycles. The standard InChI is InChI=1S/C14H12N2O7/c1-7(17)11-12(8-3-2-4-9(5-8)16(22)23)15(6-10(18)19)14(21)13(11)20/h2-5,12,20H,6H2,1H3,(H,18,19)/t12-/m1/s1. The fourth-order valence-electron chi connectivity index (χ4n) is 2.48. The summed E-state index contributed by atoms with van der Waals surface area (Å²) >= 11 is 0. The van der Waals surface area contributed by atoms with Crippen LogP contribution in [-0.4, -0.2) is 44.2 Å². The lowest BCUT2D eigenvalue weighted by Gasteiger charge is -2.24. The molecule has 0 saturated carbocycles. The summed E-state index contributed by atoms with van der Waals surface area (Å²) in [6.45, 7) is 0.362. The van der Waals surface area contributed by atoms with Gasteiger partial charge < -0.3 is 15.1 Å². The zero-order valence-corrected chi connectivity index (χ0v) is 11.9. The van der Waals surface area contributed by atoms with E-state index >= 15 is 0 Å². The summed E-state index contributed by atoms with van der Waals surface area (Å²) in [5.41, 5.74) is -0.390. The molecule has 23 heavy (non-hydrogen) atoms. The van der Waals surface area contributed by atoms with Crippen molar-refractivity contribution < 1.29 is 29.5 Å². The molecule has 0 unspecified atom stereocenters. The highest BCUT2D eigenvalue weighted by atomic mass is 16.6. The first-order valence-corrected chi connectivity index (χ1v) is 6.45. The van der Waals surface area contributed by atoms with Crippen molar-refractivity contribution in [2.75, 3.05) is 6.54 Å². The van der Waals surface area contributed by atoms with E-state index in [0.717, 1.165) is 17.9 Å². The average molecular weight is 320 g/mol. The van der Waals surface area contributed by atoms with E-state index in [0.29, 0.717) is 0 Å². The van der Waals surface area contributed by atoms with Crippen molar-refractivity contribution in [2.45, 2.75) is 13.0 Å². The van der Waals surface area contributed by atoms with Gasteiger partial charge in [-0.15, -0.1) is 0 Å². The van der Waals surface area contributed by atoms with Gasteiger partial charge in [0, 0.05) is 12.1 Å². The molecule has 9 heteroatoms. The number of carboxylic acid groups (broad SMARTS) is 1. The molecular formula is C14H12N2O7. The number of hydrogen-bond donors (Lipinski definition) is 2. The van der Waals surface area contributed by atoms with Gasteiger partial charge in [0.15, 0.2) is 11.5 Å². The topological polar surface area (TPSA) is 138 Å². The number of aliphatic hydroxyl groups excluding tert-OH is 1. The molecule has 1 atom stereocenters. The van der Waals surface area contributed by atoms with Gasteiger partial charge in [0.05, 0.1) is 16.5 Å². The summed E-state index contributed by atoms with van der Waals surface area (Å²) < 4.78 is 0. The highest BCUT2D eigenvalue weighted by Crippen LogP contribution is 2.38. The Balaban J connectivity index is 2.59. The molecule has 1 amide bonds. The molecule has 0 aromatic heterocycles. The zero-order valence-electron chi connectivity index (χ0n) is 11.9. The van der Waals surface area contributed by atoms with E-state index in [4.69, 9.17) is 5.11 Å². The van der Waals surface area contributed by atoms with Crippen molar-refractivity contribution in [3.63, 3.8) is 0 Å². The predicted molar refractivity (Wildman–Crippen MR) is 75.5 cm³/mol. The number of carbonyl (C=O) groups excluding carboxylic acids is 2. The molecular weight excluding hydrogens is 308 g/mol. The lowest BCUT2D eigenvalue weighted by atomic mass is 9.96. The molecule has 1 aromatic carbocycles. The molecule has 2 rings (SSSR count). The number of carboxylic acids is 1. The largest absolute Gasteiger partial charge is 0.503 e. The number of carbonyl (C=O) groups is 3. The van der Waals surface area contributed by atoms with Crippen LogP contribution in [0, 0.1) is 10.1 Å². The molecule has 1 aliphatic rings. The van der Waals surface area contributed by atoms with Gasteiger partial charge in [-0.25, -0.2) is 0 Å². The van der Waals surface area contributed by atoms with Gasteiger partial charge in [-0.1, -0.05) is 12.1 Å². The second-order valence-electron chi connectivity index (χ2n) is 4.90. The van der Waals surface area contributed by atoms with Crippen LogP contribution in [0.4, 0.5) is 5.69 Å². The molecule has 0 spiro atoms. The molecule has 2 N–H and O–H groups in total. The molecule has 0 bridgehead atoms. The number of Topliss-reactive ketones (excluding diaryl/α,β-unsaturated/α-hetero) is 1. The number of rotatable bonds is 5. The second-order valence-corrected chi connectivity index (χ2v) is 4.90. The minimum absolute atomic E-state index is 0.169. The van der Waals surface area contributed by atoms with Crippen molar-refractivity contribution in [1.29, 1.82) is 0 Å². The third-order valence-corrected chi connectivity index (χ3v) is 3.39. The van der Waals surface area contributed by atoms with E-state index in [1.807, 2.05) is 0 Å². The highest BCUT2D eigenvalue weighted by Gasteiger charge is 2.43. The number of nitro benzene ring substituents is 1. The van der Waals surface area contributed by atoms with Gasteiger partial charge in [-0.3, -0.25) is 24.5 Å². The van der Waals surface area contributed by atoms with Gasteiger partial charge in [0.2, 0.25) is 0 Å². The van der Waals surface area contributed by atoms with E-state index in [-0.39, 0.29) is 16.8 Å². The van der Waals surface area contributed by atoms with Crippen LogP contribution in [0.5, 0.6) is 0 Å². The van der Waals surface area contributed by atoms with Crippen LogP contribution in [0.2, 0.25) is 0 Å². The molecule has 120 valence electrons. The number of ketones is 1. The molecule has 0 fully saturated rings. The maximum Gasteiger partial charge on any atom is 0.323 e. The maximum atomic E-state index is 12.0. The van der Waals surface area contributed by atoms with Crippen LogP contribution in [0.3, 0.4) is 0 Å². The Hall–Kier alpha value is -3.23. The maximum absolute atomic E-state index is 12.0. The summed E-state index contributed by atoms with van der Waals surface area (Å²) in [5, 5.41) is 29.7. The van der Waals surface area contributed by atoms with Crippen LogP contribution in [0.15, 0.2) is 35.6 Å². The summed E-state index contributed by atoms with van der Waals surface area (Å²) in [6.07, 6.45) is 0. The number of aliphatic carboxylic acids is 1. The first-order valence-electron chi connectivity index (χ1n) is 6.45. The average Bonchev–Trinajstić information content (AvgIpc) is 2.71. The minimum atomic E-state index is -1.34. The first kappa shape index (κ1) is 16.1. The van der Waals surface area contributed by atoms with Crippen LogP contribution in [0.25, 0.3) is 0 Å². The van der Waals surface area contributed by atoms with E-state index in [1.165, 1.54) is 18.2 Å². The molecule has 1 aliphatic heterocycles. The fraction of sp³-hybridized carbons (Fsp3) is 0.214. The number of nitro groups is 1. The number of non-ortho nitro benzene ring substituents is 1. The summed E-state index contributed by atoms with van der Waals surface area (Å²) in [7, 11) is 0. The summed E-state index contributed by atoms with van der Waals surface area (Å²) in [6, 6.07) is 3.94. The number of amides is 1. The number of benzene rings is 1. The Morgan fingerprint density at radius 3 is 2.57 bits per heavy atom. The molecule has 0 radical (unpaired) electrons. The van der Waals surface area contributed by atoms with Crippen molar-refractivity contribution in [2.24, 2.45) is 0 Å². The third-order valence-electron chi connectivity index (χ3n) is 3.39. The normalized spacial score (nSPS) is 17.5. The van der Waals surface area contributed by atoms with Gasteiger partial charge in [0.25, 0.3) is 11.6 Å². The second kappa shape index (κ2) is 5.87. The van der Waals surface area contributed by atoms with Crippen molar-refractivity contribution in [3.05, 3.63) is 51.3 Å². The monoisotopic (exact) mass is 320 g/mol. The van der Waals surface area contributed by atoms with Crippen LogP contribution in [0.1, 0.15) is 18.5 Å². The fourth-order valence-corrected chi connectivity index (χ4v) is 2.48. The summed E-state index contributed by atoms with van der Waals surface area (Å²) in [5.74, 6) is -3.81.